The smallest absolute Gasteiger partial charge is 0.264 e. The van der Waals surface area contributed by atoms with Gasteiger partial charge in [0.25, 0.3) is 10.1 Å². The van der Waals surface area contributed by atoms with E-state index in [9.17, 15) is 8.42 Å². The van der Waals surface area contributed by atoms with Crippen LogP contribution in [-0.2, 0) is 33.9 Å². The van der Waals surface area contributed by atoms with E-state index in [1.807, 2.05) is 78.9 Å². The molecule has 3 aromatic carbocycles. The first-order valence-corrected chi connectivity index (χ1v) is 12.8. The number of fused-ring (bicyclic) bond motifs is 1. The fourth-order valence-electron chi connectivity index (χ4n) is 3.29. The van der Waals surface area contributed by atoms with Gasteiger partial charge in [-0.15, -0.1) is 0 Å². The highest BCUT2D eigenvalue weighted by Gasteiger charge is 2.05. The van der Waals surface area contributed by atoms with Crippen LogP contribution in [0.1, 0.15) is 29.3 Å². The maximum Gasteiger partial charge on any atom is 0.264 e. The Hall–Kier alpha value is -3.26. The van der Waals surface area contributed by atoms with Crippen LogP contribution >= 0.6 is 0 Å². The number of ether oxygens (including phenoxy) is 1. The van der Waals surface area contributed by atoms with Crippen molar-refractivity contribution in [2.24, 2.45) is 0 Å². The molecule has 6 nitrogen and oxygen atoms in total. The van der Waals surface area contributed by atoms with Crippen LogP contribution in [0.4, 0.5) is 0 Å². The molecule has 0 radical (unpaired) electrons. The summed E-state index contributed by atoms with van der Waals surface area (Å²) in [6.45, 7) is 2.38. The normalized spacial score (nSPS) is 11.0. The molecule has 4 rings (SSSR count). The van der Waals surface area contributed by atoms with E-state index in [4.69, 9.17) is 14.0 Å². The minimum atomic E-state index is -3.45. The first-order chi connectivity index (χ1) is 16.4. The van der Waals surface area contributed by atoms with E-state index in [0.717, 1.165) is 51.7 Å². The lowest BCUT2D eigenvalue weighted by molar-refractivity contribution is 0.301. The van der Waals surface area contributed by atoms with E-state index >= 15 is 0 Å². The number of aromatic nitrogens is 1. The number of nitrogens with zero attached hydrogens (tertiary/aromatic N) is 1. The third-order valence-corrected chi connectivity index (χ3v) is 5.35. The van der Waals surface area contributed by atoms with E-state index in [-0.39, 0.29) is 13.2 Å². The van der Waals surface area contributed by atoms with Gasteiger partial charge in [0, 0.05) is 12.0 Å². The SMILES string of the molecule is CCO.CS(=O)(=O)OCc1cccc(Cc2ccc(OCc3ccc4ccccc4n3)cc2)c1. The highest BCUT2D eigenvalue weighted by atomic mass is 32.2. The van der Waals surface area contributed by atoms with Gasteiger partial charge in [0.15, 0.2) is 0 Å². The third kappa shape index (κ3) is 8.26. The van der Waals surface area contributed by atoms with Crippen molar-refractivity contribution in [3.63, 3.8) is 0 Å². The molecule has 4 aromatic rings. The Balaban J connectivity index is 0.00000103. The van der Waals surface area contributed by atoms with Gasteiger partial charge in [0.1, 0.15) is 12.4 Å². The molecule has 34 heavy (non-hydrogen) atoms. The summed E-state index contributed by atoms with van der Waals surface area (Å²) in [5, 5.41) is 8.68. The van der Waals surface area contributed by atoms with Crippen LogP contribution in [0.25, 0.3) is 10.9 Å². The number of aliphatic hydroxyl groups is 1. The van der Waals surface area contributed by atoms with Gasteiger partial charge in [-0.2, -0.15) is 8.42 Å². The molecule has 7 heteroatoms. The molecule has 0 saturated heterocycles. The quantitative estimate of drug-likeness (QED) is 0.363. The Labute approximate surface area is 200 Å². The van der Waals surface area contributed by atoms with Crippen molar-refractivity contribution in [1.29, 1.82) is 0 Å². The van der Waals surface area contributed by atoms with Crippen molar-refractivity contribution >= 4 is 21.0 Å². The second kappa shape index (κ2) is 12.3. The Morgan fingerprint density at radius 3 is 2.26 bits per heavy atom. The van der Waals surface area contributed by atoms with Gasteiger partial charge in [-0.05, 0) is 54.3 Å². The first kappa shape index (κ1) is 25.4. The van der Waals surface area contributed by atoms with Crippen molar-refractivity contribution in [3.8, 4) is 5.75 Å². The molecule has 1 aromatic heterocycles. The van der Waals surface area contributed by atoms with E-state index in [1.165, 1.54) is 0 Å². The largest absolute Gasteiger partial charge is 0.487 e. The van der Waals surface area contributed by atoms with E-state index < -0.39 is 10.1 Å². The fourth-order valence-corrected chi connectivity index (χ4v) is 3.64. The molecule has 0 atom stereocenters. The molecule has 0 unspecified atom stereocenters. The number of para-hydroxylation sites is 1. The van der Waals surface area contributed by atoms with Crippen molar-refractivity contribution < 1.29 is 22.4 Å². The van der Waals surface area contributed by atoms with Gasteiger partial charge in [0.2, 0.25) is 0 Å². The van der Waals surface area contributed by atoms with Crippen LogP contribution in [0.3, 0.4) is 0 Å². The molecule has 0 fully saturated rings. The lowest BCUT2D eigenvalue weighted by Gasteiger charge is -2.09. The van der Waals surface area contributed by atoms with Gasteiger partial charge >= 0.3 is 0 Å². The highest BCUT2D eigenvalue weighted by molar-refractivity contribution is 7.85. The van der Waals surface area contributed by atoms with Crippen molar-refractivity contribution in [2.75, 3.05) is 12.9 Å². The van der Waals surface area contributed by atoms with Crippen molar-refractivity contribution in [3.05, 3.63) is 107 Å². The lowest BCUT2D eigenvalue weighted by atomic mass is 10.0. The summed E-state index contributed by atoms with van der Waals surface area (Å²) in [6.07, 6.45) is 1.79. The maximum absolute atomic E-state index is 11.2. The van der Waals surface area contributed by atoms with Crippen LogP contribution in [0, 0.1) is 0 Å². The standard InChI is InChI=1S/C25H23NO4S.C2H6O/c1-31(27,28)30-17-21-6-4-5-20(16-21)15-19-9-13-24(14-10-19)29-18-23-12-11-22-7-2-3-8-25(22)26-23;1-2-3/h2-14,16H,15,17-18H2,1H3;3H,2H2,1H3. The topological polar surface area (TPSA) is 85.7 Å². The van der Waals surface area contributed by atoms with Crippen molar-refractivity contribution in [2.45, 2.75) is 26.6 Å². The Morgan fingerprint density at radius 2 is 1.53 bits per heavy atom. The van der Waals surface area contributed by atoms with Crippen LogP contribution < -0.4 is 4.74 Å². The molecule has 0 bridgehead atoms. The Morgan fingerprint density at radius 1 is 0.824 bits per heavy atom. The summed E-state index contributed by atoms with van der Waals surface area (Å²) in [6, 6.07) is 27.8. The molecule has 0 aliphatic rings. The molecule has 1 N–H and O–H groups in total. The number of pyridine rings is 1. The average Bonchev–Trinajstić information content (AvgIpc) is 2.83. The number of rotatable bonds is 8. The predicted molar refractivity (Wildman–Crippen MR) is 134 cm³/mol. The van der Waals surface area contributed by atoms with Gasteiger partial charge in [-0.25, -0.2) is 4.98 Å². The minimum absolute atomic E-state index is 0.0439. The number of hydrogen-bond acceptors (Lipinski definition) is 6. The Kier molecular flexibility index (Phi) is 9.16. The molecular formula is C27H29NO5S. The minimum Gasteiger partial charge on any atom is -0.487 e. The molecule has 0 amide bonds. The number of aliphatic hydroxyl groups excluding tert-OH is 1. The van der Waals surface area contributed by atoms with Gasteiger partial charge in [-0.3, -0.25) is 4.18 Å². The van der Waals surface area contributed by atoms with Gasteiger partial charge < -0.3 is 9.84 Å². The monoisotopic (exact) mass is 479 g/mol. The fraction of sp³-hybridized carbons (Fsp3) is 0.222. The van der Waals surface area contributed by atoms with E-state index in [2.05, 4.69) is 11.1 Å². The van der Waals surface area contributed by atoms with Crippen LogP contribution in [0.5, 0.6) is 5.75 Å². The molecule has 0 aliphatic carbocycles. The van der Waals surface area contributed by atoms with Crippen molar-refractivity contribution in [1.82, 2.24) is 4.98 Å². The molecule has 0 spiro atoms. The van der Waals surface area contributed by atoms with E-state index in [0.29, 0.717) is 6.61 Å². The zero-order valence-corrected chi connectivity index (χ0v) is 20.2. The Bertz CT molecular complexity index is 1300. The van der Waals surface area contributed by atoms with Crippen LogP contribution in [0.2, 0.25) is 0 Å². The summed E-state index contributed by atoms with van der Waals surface area (Å²) in [4.78, 5) is 4.63. The summed E-state index contributed by atoms with van der Waals surface area (Å²) in [5.74, 6) is 0.786. The van der Waals surface area contributed by atoms with E-state index in [1.54, 1.807) is 6.92 Å². The second-order valence-electron chi connectivity index (χ2n) is 7.71. The predicted octanol–water partition coefficient (Wildman–Crippen LogP) is 4.88. The molecule has 178 valence electrons. The molecular weight excluding hydrogens is 450 g/mol. The third-order valence-electron chi connectivity index (χ3n) is 4.81. The van der Waals surface area contributed by atoms with Crippen LogP contribution in [0.15, 0.2) is 84.9 Å². The first-order valence-electron chi connectivity index (χ1n) is 11.0. The second-order valence-corrected chi connectivity index (χ2v) is 9.35. The zero-order chi connectivity index (χ0) is 24.4. The summed E-state index contributed by atoms with van der Waals surface area (Å²) in [5.41, 5.74) is 4.89. The average molecular weight is 480 g/mol. The molecule has 0 aliphatic heterocycles. The van der Waals surface area contributed by atoms with Gasteiger partial charge in [-0.1, -0.05) is 60.7 Å². The number of hydrogen-bond donors (Lipinski definition) is 1. The lowest BCUT2D eigenvalue weighted by Crippen LogP contribution is -2.03. The summed E-state index contributed by atoms with van der Waals surface area (Å²) in [7, 11) is -3.45. The van der Waals surface area contributed by atoms with Gasteiger partial charge in [0.05, 0.1) is 24.1 Å². The number of benzene rings is 3. The zero-order valence-electron chi connectivity index (χ0n) is 19.3. The summed E-state index contributed by atoms with van der Waals surface area (Å²) >= 11 is 0. The maximum atomic E-state index is 11.2. The molecule has 1 heterocycles. The highest BCUT2D eigenvalue weighted by Crippen LogP contribution is 2.18. The summed E-state index contributed by atoms with van der Waals surface area (Å²) < 4.78 is 33.1. The van der Waals surface area contributed by atoms with Crippen LogP contribution in [-0.4, -0.2) is 31.4 Å². The molecule has 0 saturated carbocycles.